The molecule has 11 nitrogen and oxygen atoms in total. The van der Waals surface area contributed by atoms with Crippen LogP contribution in [0.4, 0.5) is 16.2 Å². The Bertz CT molecular complexity index is 1330. The van der Waals surface area contributed by atoms with E-state index in [2.05, 4.69) is 29.0 Å². The molecule has 1 saturated heterocycles. The van der Waals surface area contributed by atoms with Gasteiger partial charge in [0.15, 0.2) is 11.6 Å². The molecule has 168 valence electrons. The number of hydrogen-bond acceptors (Lipinski definition) is 8. The Kier molecular flexibility index (Phi) is 5.62. The van der Waals surface area contributed by atoms with Gasteiger partial charge in [0.25, 0.3) is 11.7 Å². The number of H-pyrrole nitrogens is 1. The summed E-state index contributed by atoms with van der Waals surface area (Å²) in [7, 11) is 0. The summed E-state index contributed by atoms with van der Waals surface area (Å²) in [6.45, 7) is 1.50. The van der Waals surface area contributed by atoms with Crippen molar-refractivity contribution in [2.45, 2.75) is 0 Å². The fourth-order valence-corrected chi connectivity index (χ4v) is 4.25. The number of halogens is 2. The number of aromatic amines is 1. The van der Waals surface area contributed by atoms with Crippen LogP contribution in [0, 0.1) is 5.82 Å². The largest absolute Gasteiger partial charge is 0.357 e. The number of benzene rings is 1. The number of rotatable bonds is 5. The minimum atomic E-state index is -0.770. The molecule has 33 heavy (non-hydrogen) atoms. The lowest BCUT2D eigenvalue weighted by molar-refractivity contribution is -0.126. The van der Waals surface area contributed by atoms with Crippen molar-refractivity contribution in [3.8, 4) is 5.69 Å². The number of piperazine rings is 1. The minimum absolute atomic E-state index is 0.0155. The summed E-state index contributed by atoms with van der Waals surface area (Å²) in [5.41, 5.74) is 1.14. The predicted molar refractivity (Wildman–Crippen MR) is 126 cm³/mol. The lowest BCUT2D eigenvalue weighted by Crippen LogP contribution is -2.51. The van der Waals surface area contributed by atoms with E-state index in [1.54, 1.807) is 4.68 Å². The molecule has 0 atom stereocenters. The zero-order valence-electron chi connectivity index (χ0n) is 17.1. The third kappa shape index (κ3) is 3.77. The summed E-state index contributed by atoms with van der Waals surface area (Å²) < 4.78 is 18.9. The molecule has 13 heteroatoms. The molecule has 1 fully saturated rings. The summed E-state index contributed by atoms with van der Waals surface area (Å²) in [6.07, 6.45) is 2.37. The van der Waals surface area contributed by atoms with Gasteiger partial charge in [-0.05, 0) is 22.6 Å². The van der Waals surface area contributed by atoms with Crippen LogP contribution >= 0.6 is 22.9 Å². The van der Waals surface area contributed by atoms with E-state index in [1.165, 1.54) is 11.1 Å². The second-order valence-electron chi connectivity index (χ2n) is 7.34. The number of carbonyl (C=O) groups is 2. The summed E-state index contributed by atoms with van der Waals surface area (Å²) in [6, 6.07) is 9.49. The number of tetrazole rings is 1. The van der Waals surface area contributed by atoms with Gasteiger partial charge in [-0.1, -0.05) is 23.3 Å². The van der Waals surface area contributed by atoms with Crippen molar-refractivity contribution in [3.63, 3.8) is 0 Å². The number of para-hydroxylation sites is 1. The molecule has 0 bridgehead atoms. The molecule has 0 spiro atoms. The Morgan fingerprint density at radius 1 is 1.12 bits per heavy atom. The summed E-state index contributed by atoms with van der Waals surface area (Å²) in [4.78, 5) is 36.1. The Morgan fingerprint density at radius 2 is 1.88 bits per heavy atom. The number of carbonyl (C=O) groups excluding carboxylic acids is 2. The molecular weight excluding hydrogens is 544 g/mol. The summed E-state index contributed by atoms with van der Waals surface area (Å²) >= 11 is 1.86. The average Bonchev–Trinajstić information content (AvgIpc) is 3.53. The monoisotopic (exact) mass is 561 g/mol. The zero-order chi connectivity index (χ0) is 22.9. The molecule has 2 N–H and O–H groups in total. The molecule has 0 saturated carbocycles. The van der Waals surface area contributed by atoms with Crippen molar-refractivity contribution in [1.29, 1.82) is 0 Å². The number of pyridine rings is 1. The third-order valence-electron chi connectivity index (χ3n) is 5.49. The SMILES string of the molecule is O=C(C(=O)N1CCN(c2nnnn2-c2ccccc2)CC1)c1c[nH]c2c(NI)ncc(F)c12. The molecular formula is C20H17FIN9O2. The fraction of sp³-hybridized carbons (Fsp3) is 0.200. The van der Waals surface area contributed by atoms with Gasteiger partial charge in [-0.25, -0.2) is 9.37 Å². The second kappa shape index (κ2) is 8.73. The van der Waals surface area contributed by atoms with Crippen LogP contribution in [0.15, 0.2) is 42.7 Å². The van der Waals surface area contributed by atoms with Crippen LogP contribution in [-0.2, 0) is 4.79 Å². The minimum Gasteiger partial charge on any atom is -0.357 e. The summed E-state index contributed by atoms with van der Waals surface area (Å²) in [5, 5.41) is 12.0. The lowest BCUT2D eigenvalue weighted by atomic mass is 10.1. The van der Waals surface area contributed by atoms with Crippen LogP contribution in [0.5, 0.6) is 0 Å². The van der Waals surface area contributed by atoms with Gasteiger partial charge in [0.05, 0.1) is 51.2 Å². The van der Waals surface area contributed by atoms with Gasteiger partial charge >= 0.3 is 0 Å². The van der Waals surface area contributed by atoms with Gasteiger partial charge in [-0.15, -0.1) is 0 Å². The highest BCUT2D eigenvalue weighted by Crippen LogP contribution is 2.28. The maximum atomic E-state index is 14.4. The van der Waals surface area contributed by atoms with E-state index in [1.807, 2.05) is 58.1 Å². The van der Waals surface area contributed by atoms with Gasteiger partial charge in [0.2, 0.25) is 5.95 Å². The number of ketones is 1. The molecule has 0 aliphatic carbocycles. The van der Waals surface area contributed by atoms with E-state index in [0.717, 1.165) is 11.9 Å². The van der Waals surface area contributed by atoms with Crippen LogP contribution in [0.1, 0.15) is 10.4 Å². The molecule has 1 amide bonds. The number of aromatic nitrogens is 6. The quantitative estimate of drug-likeness (QED) is 0.164. The number of hydrogen-bond donors (Lipinski definition) is 2. The third-order valence-corrected chi connectivity index (χ3v) is 6.01. The molecule has 1 aliphatic heterocycles. The maximum absolute atomic E-state index is 14.4. The van der Waals surface area contributed by atoms with Crippen LogP contribution < -0.4 is 8.43 Å². The smallest absolute Gasteiger partial charge is 0.295 e. The Hall–Kier alpha value is -3.62. The van der Waals surface area contributed by atoms with E-state index in [9.17, 15) is 14.0 Å². The fourth-order valence-electron chi connectivity index (χ4n) is 3.84. The molecule has 0 radical (unpaired) electrons. The topological polar surface area (TPSA) is 125 Å². The van der Waals surface area contributed by atoms with Gasteiger partial charge in [0, 0.05) is 32.4 Å². The van der Waals surface area contributed by atoms with Crippen molar-refractivity contribution in [2.75, 3.05) is 34.6 Å². The zero-order valence-corrected chi connectivity index (χ0v) is 19.2. The molecule has 4 aromatic rings. The van der Waals surface area contributed by atoms with Crippen molar-refractivity contribution in [1.82, 2.24) is 35.1 Å². The standard InChI is InChI=1S/C20H17FIN9O2/c21-14-11-24-18(25-22)16-15(14)13(10-23-16)17(32)19(33)29-6-8-30(9-7-29)20-26-27-28-31(20)12-4-2-1-3-5-12/h1-5,10-11,23H,6-9H2,(H,24,25). The first kappa shape index (κ1) is 21.2. The number of nitrogens with one attached hydrogen (secondary N) is 2. The summed E-state index contributed by atoms with van der Waals surface area (Å²) in [5.74, 6) is -1.19. The van der Waals surface area contributed by atoms with Gasteiger partial charge in [-0.3, -0.25) is 9.59 Å². The highest BCUT2D eigenvalue weighted by molar-refractivity contribution is 14.1. The van der Waals surface area contributed by atoms with Crippen LogP contribution in [0.25, 0.3) is 16.6 Å². The number of amides is 1. The molecule has 1 aliphatic rings. The van der Waals surface area contributed by atoms with E-state index in [0.29, 0.717) is 43.5 Å². The highest BCUT2D eigenvalue weighted by Gasteiger charge is 2.31. The number of nitrogens with zero attached hydrogens (tertiary/aromatic N) is 7. The van der Waals surface area contributed by atoms with Gasteiger partial charge in [-0.2, -0.15) is 4.68 Å². The second-order valence-corrected chi connectivity index (χ2v) is 7.88. The number of fused-ring (bicyclic) bond motifs is 1. The molecule has 3 aromatic heterocycles. The Labute approximate surface area is 200 Å². The number of anilines is 2. The molecule has 0 unspecified atom stereocenters. The molecule has 1 aromatic carbocycles. The lowest BCUT2D eigenvalue weighted by Gasteiger charge is -2.34. The first-order valence-electron chi connectivity index (χ1n) is 10.0. The molecule has 5 rings (SSSR count). The van der Waals surface area contributed by atoms with Crippen LogP contribution in [0.2, 0.25) is 0 Å². The number of Topliss-reactive ketones (excluding diaryl/α,β-unsaturated/α-hetero) is 1. The highest BCUT2D eigenvalue weighted by atomic mass is 127. The van der Waals surface area contributed by atoms with Crippen LogP contribution in [-0.4, -0.2) is 72.9 Å². The van der Waals surface area contributed by atoms with Crippen molar-refractivity contribution in [2.24, 2.45) is 0 Å². The normalized spacial score (nSPS) is 14.0. The Balaban J connectivity index is 1.32. The maximum Gasteiger partial charge on any atom is 0.295 e. The van der Waals surface area contributed by atoms with Gasteiger partial charge < -0.3 is 18.3 Å². The predicted octanol–water partition coefficient (Wildman–Crippen LogP) is 1.97. The van der Waals surface area contributed by atoms with E-state index in [4.69, 9.17) is 0 Å². The van der Waals surface area contributed by atoms with E-state index < -0.39 is 17.5 Å². The van der Waals surface area contributed by atoms with E-state index in [-0.39, 0.29) is 10.9 Å². The Morgan fingerprint density at radius 3 is 2.61 bits per heavy atom. The van der Waals surface area contributed by atoms with Crippen molar-refractivity contribution in [3.05, 3.63) is 54.1 Å². The first-order valence-corrected chi connectivity index (χ1v) is 11.1. The van der Waals surface area contributed by atoms with Crippen molar-refractivity contribution >= 4 is 57.2 Å². The van der Waals surface area contributed by atoms with Gasteiger partial charge in [0.1, 0.15) is 0 Å². The first-order chi connectivity index (χ1) is 16.1. The average molecular weight is 561 g/mol. The van der Waals surface area contributed by atoms with Crippen molar-refractivity contribution < 1.29 is 14.0 Å². The van der Waals surface area contributed by atoms with E-state index >= 15 is 0 Å². The van der Waals surface area contributed by atoms with Crippen LogP contribution in [0.3, 0.4) is 0 Å². The molecule has 4 heterocycles.